The Balaban J connectivity index is 4.70. The lowest BCUT2D eigenvalue weighted by atomic mass is 10.3. The zero-order valence-corrected chi connectivity index (χ0v) is 20.0. The lowest BCUT2D eigenvalue weighted by molar-refractivity contribution is -0.110. The van der Waals surface area contributed by atoms with E-state index in [9.17, 15) is 4.79 Å². The summed E-state index contributed by atoms with van der Waals surface area (Å²) in [5, 5.41) is 0.179. The van der Waals surface area contributed by atoms with Gasteiger partial charge in [0, 0.05) is 37.2 Å². The van der Waals surface area contributed by atoms with Crippen molar-refractivity contribution in [2.45, 2.75) is 99.3 Å². The maximum atomic E-state index is 11.2. The Hall–Kier alpha value is 0.290. The van der Waals surface area contributed by atoms with E-state index in [1.54, 1.807) is 0 Å². The van der Waals surface area contributed by atoms with Gasteiger partial charge in [-0.15, -0.1) is 0 Å². The summed E-state index contributed by atoms with van der Waals surface area (Å²) < 4.78 is 16.9. The average molecular weight is 409 g/mol. The van der Waals surface area contributed by atoms with Gasteiger partial charge in [0.05, 0.1) is 12.5 Å². The standard InChI is InChI=1S/C19H41N2O3PS/c1-10-19(22)26-14-23-12-11-13-24-25(20(15(2)3)16(4)5)21(17(6)7)18(8)9/h15-18H,10-14H2,1-9H3. The molecule has 0 unspecified atom stereocenters. The Morgan fingerprint density at radius 3 is 1.73 bits per heavy atom. The van der Waals surface area contributed by atoms with Gasteiger partial charge in [-0.25, -0.2) is 9.34 Å². The molecular weight excluding hydrogens is 367 g/mol. The summed E-state index contributed by atoms with van der Waals surface area (Å²) in [6.45, 7) is 21.1. The van der Waals surface area contributed by atoms with E-state index in [-0.39, 0.29) is 5.12 Å². The summed E-state index contributed by atoms with van der Waals surface area (Å²) in [5.41, 5.74) is 0. The minimum Gasteiger partial charge on any atom is -0.370 e. The van der Waals surface area contributed by atoms with Crippen LogP contribution in [0.2, 0.25) is 0 Å². The summed E-state index contributed by atoms with van der Waals surface area (Å²) >= 11 is 1.25. The topological polar surface area (TPSA) is 42.0 Å². The minimum atomic E-state index is -0.831. The number of hydrogen-bond acceptors (Lipinski definition) is 6. The average Bonchev–Trinajstić information content (AvgIpc) is 2.51. The second-order valence-corrected chi connectivity index (χ2v) is 10.1. The summed E-state index contributed by atoms with van der Waals surface area (Å²) in [6.07, 6.45) is 1.40. The number of carbonyl (C=O) groups excluding carboxylic acids is 1. The molecule has 0 spiro atoms. The SMILES string of the molecule is CCC(=O)SCOCCCOP(N(C(C)C)C(C)C)N(C(C)C)C(C)C. The molecule has 0 atom stereocenters. The zero-order valence-electron chi connectivity index (χ0n) is 18.3. The van der Waals surface area contributed by atoms with Crippen LogP contribution < -0.4 is 0 Å². The maximum Gasteiger partial charge on any atom is 0.190 e. The Bertz CT molecular complexity index is 346. The monoisotopic (exact) mass is 408 g/mol. The second-order valence-electron chi connectivity index (χ2n) is 7.47. The molecule has 156 valence electrons. The Labute approximate surface area is 167 Å². The van der Waals surface area contributed by atoms with Crippen molar-refractivity contribution >= 4 is 25.3 Å². The van der Waals surface area contributed by atoms with E-state index in [0.717, 1.165) is 6.42 Å². The van der Waals surface area contributed by atoms with Crippen molar-refractivity contribution in [1.29, 1.82) is 0 Å². The first-order valence-electron chi connectivity index (χ1n) is 9.86. The lowest BCUT2D eigenvalue weighted by Gasteiger charge is -2.45. The highest BCUT2D eigenvalue weighted by Crippen LogP contribution is 2.50. The molecule has 7 heteroatoms. The first kappa shape index (κ1) is 26.3. The van der Waals surface area contributed by atoms with Crippen molar-refractivity contribution in [2.24, 2.45) is 0 Å². The molecule has 0 fully saturated rings. The second kappa shape index (κ2) is 14.3. The van der Waals surface area contributed by atoms with E-state index in [4.69, 9.17) is 9.26 Å². The van der Waals surface area contributed by atoms with Gasteiger partial charge in [0.1, 0.15) is 0 Å². The molecule has 26 heavy (non-hydrogen) atoms. The molecule has 0 aliphatic heterocycles. The number of ether oxygens (including phenoxy) is 1. The van der Waals surface area contributed by atoms with Crippen LogP contribution in [0.15, 0.2) is 0 Å². The van der Waals surface area contributed by atoms with Gasteiger partial charge < -0.3 is 9.26 Å². The van der Waals surface area contributed by atoms with Crippen LogP contribution in [-0.2, 0) is 14.1 Å². The van der Waals surface area contributed by atoms with Gasteiger partial charge >= 0.3 is 0 Å². The van der Waals surface area contributed by atoms with Crippen molar-refractivity contribution < 1.29 is 14.1 Å². The van der Waals surface area contributed by atoms with Gasteiger partial charge in [0.2, 0.25) is 0 Å². The minimum absolute atomic E-state index is 0.179. The molecule has 0 radical (unpaired) electrons. The first-order valence-corrected chi connectivity index (χ1v) is 12.0. The molecule has 0 aromatic rings. The van der Waals surface area contributed by atoms with Crippen LogP contribution in [0.25, 0.3) is 0 Å². The normalized spacial score (nSPS) is 12.8. The Morgan fingerprint density at radius 1 is 0.885 bits per heavy atom. The van der Waals surface area contributed by atoms with Crippen molar-refractivity contribution in [2.75, 3.05) is 19.2 Å². The molecule has 0 aliphatic rings. The van der Waals surface area contributed by atoms with Crippen LogP contribution >= 0.6 is 20.2 Å². The smallest absolute Gasteiger partial charge is 0.190 e. The van der Waals surface area contributed by atoms with Crippen molar-refractivity contribution in [3.05, 3.63) is 0 Å². The molecular formula is C19H41N2O3PS. The van der Waals surface area contributed by atoms with Crippen molar-refractivity contribution in [3.8, 4) is 0 Å². The van der Waals surface area contributed by atoms with Crippen LogP contribution in [-0.4, -0.2) is 57.8 Å². The van der Waals surface area contributed by atoms with E-state index in [1.807, 2.05) is 6.92 Å². The number of thioether (sulfide) groups is 1. The van der Waals surface area contributed by atoms with Crippen LogP contribution in [0, 0.1) is 0 Å². The van der Waals surface area contributed by atoms with Crippen LogP contribution in [0.5, 0.6) is 0 Å². The predicted molar refractivity (Wildman–Crippen MR) is 115 cm³/mol. The molecule has 0 aromatic heterocycles. The van der Waals surface area contributed by atoms with Gasteiger partial charge in [-0.2, -0.15) is 0 Å². The fourth-order valence-electron chi connectivity index (χ4n) is 2.81. The first-order chi connectivity index (χ1) is 12.1. The fourth-order valence-corrected chi connectivity index (χ4v) is 5.73. The Morgan fingerprint density at radius 2 is 1.35 bits per heavy atom. The molecule has 5 nitrogen and oxygen atoms in total. The third-order valence-electron chi connectivity index (χ3n) is 3.74. The zero-order chi connectivity index (χ0) is 20.3. The van der Waals surface area contributed by atoms with E-state index < -0.39 is 8.45 Å². The highest BCUT2D eigenvalue weighted by Gasteiger charge is 2.34. The maximum absolute atomic E-state index is 11.2. The number of nitrogens with zero attached hydrogens (tertiary/aromatic N) is 2. The van der Waals surface area contributed by atoms with Crippen molar-refractivity contribution in [1.82, 2.24) is 9.34 Å². The van der Waals surface area contributed by atoms with E-state index in [0.29, 0.717) is 49.7 Å². The van der Waals surface area contributed by atoms with Crippen LogP contribution in [0.4, 0.5) is 0 Å². The molecule has 0 rings (SSSR count). The van der Waals surface area contributed by atoms with E-state index >= 15 is 0 Å². The summed E-state index contributed by atoms with van der Waals surface area (Å²) in [7, 11) is -0.831. The molecule has 0 aromatic carbocycles. The molecule has 0 amide bonds. The third kappa shape index (κ3) is 10.0. The molecule has 0 saturated heterocycles. The summed E-state index contributed by atoms with van der Waals surface area (Å²) in [4.78, 5) is 11.2. The molecule has 0 saturated carbocycles. The summed E-state index contributed by atoms with van der Waals surface area (Å²) in [6, 6.07) is 1.70. The largest absolute Gasteiger partial charge is 0.370 e. The number of carbonyl (C=O) groups is 1. The highest BCUT2D eigenvalue weighted by molar-refractivity contribution is 8.13. The van der Waals surface area contributed by atoms with Gasteiger partial charge in [-0.1, -0.05) is 18.7 Å². The molecule has 0 bridgehead atoms. The highest BCUT2D eigenvalue weighted by atomic mass is 32.2. The Kier molecular flexibility index (Phi) is 14.5. The predicted octanol–water partition coefficient (Wildman–Crippen LogP) is 5.50. The van der Waals surface area contributed by atoms with Gasteiger partial charge in [0.15, 0.2) is 13.6 Å². The fraction of sp³-hybridized carbons (Fsp3) is 0.947. The number of rotatable bonds is 14. The van der Waals surface area contributed by atoms with E-state index in [2.05, 4.69) is 64.7 Å². The van der Waals surface area contributed by atoms with Crippen LogP contribution in [0.3, 0.4) is 0 Å². The third-order valence-corrected chi connectivity index (χ3v) is 7.69. The van der Waals surface area contributed by atoms with Crippen molar-refractivity contribution in [3.63, 3.8) is 0 Å². The van der Waals surface area contributed by atoms with Gasteiger partial charge in [-0.3, -0.25) is 4.79 Å². The quantitative estimate of drug-likeness (QED) is 0.215. The van der Waals surface area contributed by atoms with Gasteiger partial charge in [0.25, 0.3) is 0 Å². The van der Waals surface area contributed by atoms with E-state index in [1.165, 1.54) is 11.8 Å². The summed E-state index contributed by atoms with van der Waals surface area (Å²) in [5.74, 6) is 0.440. The lowest BCUT2D eigenvalue weighted by Crippen LogP contribution is -2.43. The van der Waals surface area contributed by atoms with Crippen LogP contribution in [0.1, 0.15) is 75.2 Å². The molecule has 0 heterocycles. The molecule has 0 N–H and O–H groups in total. The molecule has 0 aliphatic carbocycles. The van der Waals surface area contributed by atoms with Gasteiger partial charge in [-0.05, 0) is 61.8 Å². The number of hydrogen-bond donors (Lipinski definition) is 0.